The number of nitrogens with zero attached hydrogens (tertiary/aromatic N) is 1. The fourth-order valence-electron chi connectivity index (χ4n) is 2.69. The Bertz CT molecular complexity index is 625. The molecule has 0 fully saturated rings. The third-order valence-corrected chi connectivity index (χ3v) is 4.93. The Morgan fingerprint density at radius 3 is 2.85 bits per heavy atom. The Balaban J connectivity index is 2.06. The number of fused-ring (bicyclic) bond motifs is 1. The molecular weight excluding hydrogens is 268 g/mol. The SMILES string of the molecule is C=CCNC(=O)c1c(-n2cccc2)sc2c1CCCC2. The van der Waals surface area contributed by atoms with Crippen LogP contribution in [-0.2, 0) is 12.8 Å². The molecular formula is C16H18N2OS. The first-order valence-electron chi connectivity index (χ1n) is 6.98. The normalized spacial score (nSPS) is 13.8. The summed E-state index contributed by atoms with van der Waals surface area (Å²) in [5.41, 5.74) is 2.12. The van der Waals surface area contributed by atoms with Gasteiger partial charge in [-0.05, 0) is 43.4 Å². The summed E-state index contributed by atoms with van der Waals surface area (Å²) in [6.07, 6.45) is 10.2. The van der Waals surface area contributed by atoms with E-state index in [2.05, 4.69) is 11.9 Å². The Labute approximate surface area is 122 Å². The molecule has 2 heterocycles. The molecule has 0 radical (unpaired) electrons. The first-order valence-corrected chi connectivity index (χ1v) is 7.80. The zero-order chi connectivity index (χ0) is 13.9. The van der Waals surface area contributed by atoms with E-state index in [1.165, 1.54) is 23.3 Å². The van der Waals surface area contributed by atoms with Gasteiger partial charge in [-0.3, -0.25) is 4.79 Å². The van der Waals surface area contributed by atoms with Gasteiger partial charge in [-0.25, -0.2) is 0 Å². The number of amides is 1. The molecule has 0 saturated carbocycles. The summed E-state index contributed by atoms with van der Waals surface area (Å²) in [5, 5.41) is 3.97. The molecule has 3 rings (SSSR count). The molecule has 2 aromatic heterocycles. The summed E-state index contributed by atoms with van der Waals surface area (Å²) >= 11 is 1.76. The van der Waals surface area contributed by atoms with E-state index in [0.717, 1.165) is 23.4 Å². The number of rotatable bonds is 4. The van der Waals surface area contributed by atoms with E-state index in [0.29, 0.717) is 6.54 Å². The third-order valence-electron chi connectivity index (χ3n) is 3.63. The maximum Gasteiger partial charge on any atom is 0.254 e. The van der Waals surface area contributed by atoms with Gasteiger partial charge in [0.2, 0.25) is 0 Å². The van der Waals surface area contributed by atoms with Crippen molar-refractivity contribution in [3.05, 3.63) is 53.2 Å². The summed E-state index contributed by atoms with van der Waals surface area (Å²) < 4.78 is 2.05. The fraction of sp³-hybridized carbons (Fsp3) is 0.312. The summed E-state index contributed by atoms with van der Waals surface area (Å²) in [6, 6.07) is 3.98. The molecule has 4 heteroatoms. The van der Waals surface area contributed by atoms with Gasteiger partial charge >= 0.3 is 0 Å². The fourth-order valence-corrected chi connectivity index (χ4v) is 4.04. The van der Waals surface area contributed by atoms with Crippen LogP contribution >= 0.6 is 11.3 Å². The molecule has 0 aliphatic heterocycles. The van der Waals surface area contributed by atoms with Gasteiger partial charge in [0.1, 0.15) is 5.00 Å². The van der Waals surface area contributed by atoms with Crippen molar-refractivity contribution in [2.45, 2.75) is 25.7 Å². The van der Waals surface area contributed by atoms with E-state index in [1.54, 1.807) is 17.4 Å². The second-order valence-electron chi connectivity index (χ2n) is 4.98. The van der Waals surface area contributed by atoms with Crippen LogP contribution in [0.2, 0.25) is 0 Å². The van der Waals surface area contributed by atoms with Crippen LogP contribution < -0.4 is 5.32 Å². The number of thiophene rings is 1. The quantitative estimate of drug-likeness (QED) is 0.859. The molecule has 2 aromatic rings. The van der Waals surface area contributed by atoms with Gasteiger partial charge in [0.25, 0.3) is 5.91 Å². The summed E-state index contributed by atoms with van der Waals surface area (Å²) in [5.74, 6) is 0.0213. The molecule has 0 unspecified atom stereocenters. The van der Waals surface area contributed by atoms with E-state index < -0.39 is 0 Å². The second kappa shape index (κ2) is 5.67. The molecule has 0 spiro atoms. The Morgan fingerprint density at radius 1 is 1.35 bits per heavy atom. The number of aromatic nitrogens is 1. The molecule has 0 atom stereocenters. The van der Waals surface area contributed by atoms with Crippen molar-refractivity contribution in [1.29, 1.82) is 0 Å². The van der Waals surface area contributed by atoms with Crippen molar-refractivity contribution in [3.8, 4) is 5.00 Å². The van der Waals surface area contributed by atoms with Crippen LogP contribution in [0.15, 0.2) is 37.2 Å². The van der Waals surface area contributed by atoms with Crippen molar-refractivity contribution >= 4 is 17.2 Å². The lowest BCUT2D eigenvalue weighted by Gasteiger charge is -2.12. The maximum absolute atomic E-state index is 12.5. The van der Waals surface area contributed by atoms with Gasteiger partial charge in [0, 0.05) is 23.8 Å². The van der Waals surface area contributed by atoms with Gasteiger partial charge in [0.15, 0.2) is 0 Å². The summed E-state index contributed by atoms with van der Waals surface area (Å²) in [6.45, 7) is 4.16. The zero-order valence-corrected chi connectivity index (χ0v) is 12.2. The summed E-state index contributed by atoms with van der Waals surface area (Å²) in [7, 11) is 0. The molecule has 1 aliphatic carbocycles. The van der Waals surface area contributed by atoms with Crippen molar-refractivity contribution in [2.24, 2.45) is 0 Å². The highest BCUT2D eigenvalue weighted by molar-refractivity contribution is 7.15. The zero-order valence-electron chi connectivity index (χ0n) is 11.4. The molecule has 3 nitrogen and oxygen atoms in total. The first kappa shape index (κ1) is 13.2. The molecule has 0 saturated heterocycles. The molecule has 0 aromatic carbocycles. The van der Waals surface area contributed by atoms with Gasteiger partial charge in [-0.15, -0.1) is 17.9 Å². The lowest BCUT2D eigenvalue weighted by Crippen LogP contribution is -2.25. The van der Waals surface area contributed by atoms with Crippen molar-refractivity contribution in [3.63, 3.8) is 0 Å². The molecule has 0 bridgehead atoms. The topological polar surface area (TPSA) is 34.0 Å². The lowest BCUT2D eigenvalue weighted by atomic mass is 9.95. The maximum atomic E-state index is 12.5. The molecule has 1 aliphatic rings. The van der Waals surface area contributed by atoms with Gasteiger partial charge in [-0.2, -0.15) is 0 Å². The highest BCUT2D eigenvalue weighted by Crippen LogP contribution is 2.36. The highest BCUT2D eigenvalue weighted by atomic mass is 32.1. The Kier molecular flexibility index (Phi) is 3.74. The smallest absolute Gasteiger partial charge is 0.254 e. The van der Waals surface area contributed by atoms with Crippen molar-refractivity contribution < 1.29 is 4.79 Å². The predicted molar refractivity (Wildman–Crippen MR) is 82.8 cm³/mol. The molecule has 1 amide bonds. The Hall–Kier alpha value is -1.81. The number of hydrogen-bond acceptors (Lipinski definition) is 2. The van der Waals surface area contributed by atoms with E-state index in [9.17, 15) is 4.79 Å². The number of nitrogens with one attached hydrogen (secondary N) is 1. The van der Waals surface area contributed by atoms with Crippen molar-refractivity contribution in [1.82, 2.24) is 9.88 Å². The van der Waals surface area contributed by atoms with Crippen molar-refractivity contribution in [2.75, 3.05) is 6.54 Å². The average molecular weight is 286 g/mol. The number of hydrogen-bond donors (Lipinski definition) is 1. The van der Waals surface area contributed by atoms with E-state index >= 15 is 0 Å². The second-order valence-corrected chi connectivity index (χ2v) is 6.06. The predicted octanol–water partition coefficient (Wildman–Crippen LogP) is 3.33. The van der Waals surface area contributed by atoms with Crippen LogP contribution in [0.5, 0.6) is 0 Å². The van der Waals surface area contributed by atoms with E-state index in [1.807, 2.05) is 29.1 Å². The minimum Gasteiger partial charge on any atom is -0.348 e. The van der Waals surface area contributed by atoms with Gasteiger partial charge < -0.3 is 9.88 Å². The average Bonchev–Trinajstić information content (AvgIpc) is 3.11. The minimum absolute atomic E-state index is 0.0213. The van der Waals surface area contributed by atoms with Crippen LogP contribution in [0, 0.1) is 0 Å². The van der Waals surface area contributed by atoms with Crippen LogP contribution in [0.3, 0.4) is 0 Å². The Morgan fingerprint density at radius 2 is 2.10 bits per heavy atom. The number of carbonyl (C=O) groups excluding carboxylic acids is 1. The third kappa shape index (κ3) is 2.31. The highest BCUT2D eigenvalue weighted by Gasteiger charge is 2.25. The van der Waals surface area contributed by atoms with Crippen LogP contribution in [0.4, 0.5) is 0 Å². The molecule has 1 N–H and O–H groups in total. The van der Waals surface area contributed by atoms with E-state index in [-0.39, 0.29) is 5.91 Å². The minimum atomic E-state index is 0.0213. The standard InChI is InChI=1S/C16H18N2OS/c1-2-9-17-15(19)14-12-7-3-4-8-13(12)20-16(14)18-10-5-6-11-18/h2,5-6,10-11H,1,3-4,7-9H2,(H,17,19). The number of carbonyl (C=O) groups is 1. The van der Waals surface area contributed by atoms with Crippen LogP contribution in [-0.4, -0.2) is 17.0 Å². The molecule has 20 heavy (non-hydrogen) atoms. The van der Waals surface area contributed by atoms with E-state index in [4.69, 9.17) is 0 Å². The summed E-state index contributed by atoms with van der Waals surface area (Å²) in [4.78, 5) is 13.9. The molecule has 104 valence electrons. The van der Waals surface area contributed by atoms with Gasteiger partial charge in [0.05, 0.1) is 5.56 Å². The number of aryl methyl sites for hydroxylation is 1. The van der Waals surface area contributed by atoms with Crippen LogP contribution in [0.1, 0.15) is 33.6 Å². The van der Waals surface area contributed by atoms with Gasteiger partial charge in [-0.1, -0.05) is 6.08 Å². The van der Waals surface area contributed by atoms with Crippen LogP contribution in [0.25, 0.3) is 5.00 Å². The first-order chi connectivity index (χ1) is 9.81. The largest absolute Gasteiger partial charge is 0.348 e. The lowest BCUT2D eigenvalue weighted by molar-refractivity contribution is 0.0957. The monoisotopic (exact) mass is 286 g/mol.